The number of hydrogen-bond acceptors (Lipinski definition) is 4. The molecule has 0 spiro atoms. The predicted molar refractivity (Wildman–Crippen MR) is 123 cm³/mol. The van der Waals surface area contributed by atoms with Crippen molar-refractivity contribution < 1.29 is 4.74 Å². The van der Waals surface area contributed by atoms with Crippen LogP contribution in [0.4, 0.5) is 11.5 Å². The Labute approximate surface area is 176 Å². The first kappa shape index (κ1) is 19.7. The van der Waals surface area contributed by atoms with E-state index < -0.39 is 0 Å². The van der Waals surface area contributed by atoms with E-state index in [2.05, 4.69) is 17.5 Å². The van der Waals surface area contributed by atoms with Crippen LogP contribution in [0.2, 0.25) is 0 Å². The molecule has 0 saturated carbocycles. The lowest BCUT2D eigenvalue weighted by Crippen LogP contribution is -2.16. The number of anilines is 2. The van der Waals surface area contributed by atoms with Gasteiger partial charge in [-0.3, -0.25) is 9.36 Å². The molecule has 0 bridgehead atoms. The normalized spacial score (nSPS) is 13.4. The number of para-hydroxylation sites is 1. The fraction of sp³-hybridized carbons (Fsp3) is 0.200. The summed E-state index contributed by atoms with van der Waals surface area (Å²) >= 11 is 0. The summed E-state index contributed by atoms with van der Waals surface area (Å²) in [6.07, 6.45) is 11.1. The van der Waals surface area contributed by atoms with Gasteiger partial charge in [0.2, 0.25) is 0 Å². The summed E-state index contributed by atoms with van der Waals surface area (Å²) in [5, 5.41) is 3.87. The molecule has 2 aromatic heterocycles. The van der Waals surface area contributed by atoms with Gasteiger partial charge in [0.25, 0.3) is 0 Å². The maximum absolute atomic E-state index is 13.2. The van der Waals surface area contributed by atoms with Gasteiger partial charge in [-0.15, -0.1) is 0 Å². The van der Waals surface area contributed by atoms with E-state index in [-0.39, 0.29) is 11.5 Å². The van der Waals surface area contributed by atoms with Crippen LogP contribution in [0.1, 0.15) is 26.0 Å². The number of rotatable bonds is 5. The Morgan fingerprint density at radius 1 is 1.13 bits per heavy atom. The smallest absolute Gasteiger partial charge is 0.196 e. The molecule has 5 heteroatoms. The molecule has 0 radical (unpaired) electrons. The molecule has 4 rings (SSSR count). The summed E-state index contributed by atoms with van der Waals surface area (Å²) in [6, 6.07) is 13.2. The zero-order valence-electron chi connectivity index (χ0n) is 17.4. The Morgan fingerprint density at radius 2 is 1.93 bits per heavy atom. The molecule has 0 aliphatic heterocycles. The number of nitrogens with zero attached hydrogens (tertiary/aromatic N) is 2. The van der Waals surface area contributed by atoms with Crippen molar-refractivity contribution in [2.45, 2.75) is 33.3 Å². The number of nitrogens with one attached hydrogen (secondary N) is 1. The molecular formula is C25H25N3O2. The highest BCUT2D eigenvalue weighted by Crippen LogP contribution is 2.30. The molecule has 1 aliphatic carbocycles. The van der Waals surface area contributed by atoms with E-state index in [1.54, 1.807) is 6.07 Å². The maximum atomic E-state index is 13.2. The minimum absolute atomic E-state index is 0.0510. The van der Waals surface area contributed by atoms with Crippen LogP contribution in [0.5, 0.6) is 5.75 Å². The summed E-state index contributed by atoms with van der Waals surface area (Å²) in [5.74, 6) is 1.21. The first-order valence-electron chi connectivity index (χ1n) is 10.1. The van der Waals surface area contributed by atoms with Gasteiger partial charge in [0.05, 0.1) is 6.10 Å². The highest BCUT2D eigenvalue weighted by molar-refractivity contribution is 5.89. The standard InChI is InChI=1S/C25H25N3O2/c1-17(2)30-22-15-18(3)26-25-24(22)21(29)16-23(27-19-11-7-6-8-12-19)28(25)20-13-9-4-5-10-14-20/h4,6-17,27H,5H2,1-3H3. The molecule has 0 fully saturated rings. The first-order valence-corrected chi connectivity index (χ1v) is 10.1. The van der Waals surface area contributed by atoms with E-state index in [1.165, 1.54) is 0 Å². The number of aromatic nitrogens is 2. The Bertz CT molecular complexity index is 1220. The number of hydrogen-bond donors (Lipinski definition) is 1. The van der Waals surface area contributed by atoms with Gasteiger partial charge in [0, 0.05) is 29.2 Å². The lowest BCUT2D eigenvalue weighted by atomic mass is 10.2. The minimum atomic E-state index is -0.128. The Balaban J connectivity index is 2.03. The number of aryl methyl sites for hydroxylation is 1. The zero-order chi connectivity index (χ0) is 21.1. The van der Waals surface area contributed by atoms with Gasteiger partial charge in [-0.25, -0.2) is 4.98 Å². The molecule has 30 heavy (non-hydrogen) atoms. The van der Waals surface area contributed by atoms with Crippen molar-refractivity contribution in [3.63, 3.8) is 0 Å². The Hall–Kier alpha value is -3.60. The van der Waals surface area contributed by atoms with E-state index in [4.69, 9.17) is 9.72 Å². The largest absolute Gasteiger partial charge is 0.490 e. The number of benzene rings is 1. The van der Waals surface area contributed by atoms with Gasteiger partial charge in [-0.1, -0.05) is 36.4 Å². The molecule has 1 aromatic carbocycles. The van der Waals surface area contributed by atoms with Crippen LogP contribution >= 0.6 is 0 Å². The maximum Gasteiger partial charge on any atom is 0.196 e. The molecule has 0 amide bonds. The second-order valence-corrected chi connectivity index (χ2v) is 7.51. The zero-order valence-corrected chi connectivity index (χ0v) is 17.4. The summed E-state index contributed by atoms with van der Waals surface area (Å²) in [6.45, 7) is 5.82. The third-order valence-corrected chi connectivity index (χ3v) is 4.69. The molecule has 0 saturated heterocycles. The summed E-state index contributed by atoms with van der Waals surface area (Å²) < 4.78 is 7.97. The van der Waals surface area contributed by atoms with Crippen molar-refractivity contribution >= 4 is 28.2 Å². The average Bonchev–Trinajstić information content (AvgIpc) is 2.97. The Kier molecular flexibility index (Phi) is 5.53. The van der Waals surface area contributed by atoms with Crippen LogP contribution in [-0.4, -0.2) is 15.7 Å². The van der Waals surface area contributed by atoms with Crippen molar-refractivity contribution in [2.24, 2.45) is 0 Å². The predicted octanol–water partition coefficient (Wildman–Crippen LogP) is 5.59. The van der Waals surface area contributed by atoms with Gasteiger partial charge in [0.1, 0.15) is 17.0 Å². The lowest BCUT2D eigenvalue weighted by molar-refractivity contribution is 0.245. The quantitative estimate of drug-likeness (QED) is 0.607. The van der Waals surface area contributed by atoms with E-state index >= 15 is 0 Å². The second kappa shape index (κ2) is 8.41. The van der Waals surface area contributed by atoms with Gasteiger partial charge < -0.3 is 10.1 Å². The van der Waals surface area contributed by atoms with E-state index in [0.29, 0.717) is 22.6 Å². The van der Waals surface area contributed by atoms with Gasteiger partial charge in [0.15, 0.2) is 11.1 Å². The monoisotopic (exact) mass is 399 g/mol. The molecule has 1 aliphatic rings. The molecular weight excluding hydrogens is 374 g/mol. The van der Waals surface area contributed by atoms with E-state index in [1.807, 2.05) is 80.0 Å². The number of allylic oxidation sites excluding steroid dienone is 6. The SMILES string of the molecule is Cc1cc(OC(C)C)c2c(=O)cc(Nc3ccccc3)n(C3=CC=CCC=C3)c2n1. The second-order valence-electron chi connectivity index (χ2n) is 7.51. The summed E-state index contributed by atoms with van der Waals surface area (Å²) in [5.41, 5.74) is 3.04. The van der Waals surface area contributed by atoms with Crippen molar-refractivity contribution in [1.82, 2.24) is 9.55 Å². The number of pyridine rings is 2. The molecule has 0 unspecified atom stereocenters. The molecule has 0 atom stereocenters. The topological polar surface area (TPSA) is 56.1 Å². The van der Waals surface area contributed by atoms with Crippen LogP contribution in [0, 0.1) is 6.92 Å². The van der Waals surface area contributed by atoms with Gasteiger partial charge in [-0.05, 0) is 51.5 Å². The van der Waals surface area contributed by atoms with Crippen molar-refractivity contribution in [3.8, 4) is 5.75 Å². The van der Waals surface area contributed by atoms with Crippen LogP contribution in [0.3, 0.4) is 0 Å². The molecule has 5 nitrogen and oxygen atoms in total. The van der Waals surface area contributed by atoms with E-state index in [9.17, 15) is 4.79 Å². The van der Waals surface area contributed by atoms with Crippen molar-refractivity contribution in [2.75, 3.05) is 5.32 Å². The van der Waals surface area contributed by atoms with Crippen LogP contribution in [0.15, 0.2) is 77.6 Å². The molecule has 1 N–H and O–H groups in total. The third kappa shape index (κ3) is 4.06. The minimum Gasteiger partial charge on any atom is -0.490 e. The Morgan fingerprint density at radius 3 is 2.70 bits per heavy atom. The fourth-order valence-corrected chi connectivity index (χ4v) is 3.48. The highest BCUT2D eigenvalue weighted by atomic mass is 16.5. The molecule has 2 heterocycles. The first-order chi connectivity index (χ1) is 14.5. The van der Waals surface area contributed by atoms with Crippen molar-refractivity contribution in [3.05, 3.63) is 88.8 Å². The molecule has 152 valence electrons. The summed E-state index contributed by atoms with van der Waals surface area (Å²) in [4.78, 5) is 17.9. The highest BCUT2D eigenvalue weighted by Gasteiger charge is 2.18. The fourth-order valence-electron chi connectivity index (χ4n) is 3.48. The third-order valence-electron chi connectivity index (χ3n) is 4.69. The van der Waals surface area contributed by atoms with Gasteiger partial charge in [-0.2, -0.15) is 0 Å². The number of fused-ring (bicyclic) bond motifs is 1. The lowest BCUT2D eigenvalue weighted by Gasteiger charge is -2.20. The number of ether oxygens (including phenoxy) is 1. The molecule has 3 aromatic rings. The van der Waals surface area contributed by atoms with Crippen molar-refractivity contribution in [1.29, 1.82) is 0 Å². The van der Waals surface area contributed by atoms with E-state index in [0.717, 1.165) is 23.5 Å². The summed E-state index contributed by atoms with van der Waals surface area (Å²) in [7, 11) is 0. The van der Waals surface area contributed by atoms with Gasteiger partial charge >= 0.3 is 0 Å². The average molecular weight is 399 g/mol. The van der Waals surface area contributed by atoms with Crippen LogP contribution in [0.25, 0.3) is 16.7 Å². The van der Waals surface area contributed by atoms with Crippen LogP contribution in [-0.2, 0) is 0 Å². The van der Waals surface area contributed by atoms with Crippen LogP contribution < -0.4 is 15.5 Å².